The normalized spacial score (nSPS) is 32.3. The molecule has 18 heavy (non-hydrogen) atoms. The molecule has 3 atom stereocenters. The van der Waals surface area contributed by atoms with Crippen LogP contribution in [0.15, 0.2) is 5.38 Å². The molecule has 2 aliphatic rings. The third-order valence-electron chi connectivity index (χ3n) is 4.44. The molecule has 100 valence electrons. The molecule has 2 N–H and O–H groups in total. The van der Waals surface area contributed by atoms with Gasteiger partial charge in [-0.25, -0.2) is 4.98 Å². The van der Waals surface area contributed by atoms with Gasteiger partial charge in [0.1, 0.15) is 0 Å². The summed E-state index contributed by atoms with van der Waals surface area (Å²) in [5, 5.41) is 3.49. The number of rotatable bonds is 3. The van der Waals surface area contributed by atoms with Gasteiger partial charge in [0.25, 0.3) is 0 Å². The fourth-order valence-electron chi connectivity index (χ4n) is 3.42. The number of hydrogen-bond acceptors (Lipinski definition) is 4. The molecule has 1 aromatic heterocycles. The highest BCUT2D eigenvalue weighted by Gasteiger charge is 2.40. The van der Waals surface area contributed by atoms with Gasteiger partial charge in [-0.3, -0.25) is 4.90 Å². The SMILES string of the molecule is CC(C)c1nc(CN2CC3CCC(N)C3C2)cs1. The lowest BCUT2D eigenvalue weighted by atomic mass is 9.98. The van der Waals surface area contributed by atoms with E-state index in [1.807, 2.05) is 0 Å². The van der Waals surface area contributed by atoms with Gasteiger partial charge >= 0.3 is 0 Å². The summed E-state index contributed by atoms with van der Waals surface area (Å²) in [6.45, 7) is 7.85. The standard InChI is InChI=1S/C14H23N3S/c1-9(2)14-16-11(8-18-14)6-17-5-10-3-4-13(15)12(10)7-17/h8-10,12-13H,3-7,15H2,1-2H3. The molecule has 0 aromatic carbocycles. The second-order valence-corrected chi connectivity index (χ2v) is 7.08. The quantitative estimate of drug-likeness (QED) is 0.912. The Morgan fingerprint density at radius 1 is 1.44 bits per heavy atom. The summed E-state index contributed by atoms with van der Waals surface area (Å²) in [5.41, 5.74) is 7.43. The van der Waals surface area contributed by atoms with Gasteiger partial charge in [-0.15, -0.1) is 11.3 Å². The molecule has 0 radical (unpaired) electrons. The number of aromatic nitrogens is 1. The van der Waals surface area contributed by atoms with Crippen LogP contribution in [0.25, 0.3) is 0 Å². The first kappa shape index (κ1) is 12.6. The van der Waals surface area contributed by atoms with Gasteiger partial charge in [0.2, 0.25) is 0 Å². The highest BCUT2D eigenvalue weighted by molar-refractivity contribution is 7.09. The van der Waals surface area contributed by atoms with Crippen molar-refractivity contribution in [3.8, 4) is 0 Å². The van der Waals surface area contributed by atoms with Crippen molar-refractivity contribution < 1.29 is 0 Å². The molecule has 2 heterocycles. The maximum atomic E-state index is 6.18. The molecule has 0 amide bonds. The van der Waals surface area contributed by atoms with Crippen LogP contribution in [0.2, 0.25) is 0 Å². The summed E-state index contributed by atoms with van der Waals surface area (Å²) in [6, 6.07) is 0.446. The highest BCUT2D eigenvalue weighted by atomic mass is 32.1. The fraction of sp³-hybridized carbons (Fsp3) is 0.786. The largest absolute Gasteiger partial charge is 0.327 e. The number of likely N-dealkylation sites (tertiary alicyclic amines) is 1. The first-order valence-corrected chi connectivity index (χ1v) is 7.93. The molecular formula is C14H23N3S. The van der Waals surface area contributed by atoms with Gasteiger partial charge in [0.05, 0.1) is 10.7 Å². The lowest BCUT2D eigenvalue weighted by Gasteiger charge is -2.17. The van der Waals surface area contributed by atoms with Crippen molar-refractivity contribution in [2.45, 2.75) is 45.2 Å². The van der Waals surface area contributed by atoms with Crippen molar-refractivity contribution in [1.82, 2.24) is 9.88 Å². The van der Waals surface area contributed by atoms with E-state index in [1.54, 1.807) is 11.3 Å². The smallest absolute Gasteiger partial charge is 0.0954 e. The van der Waals surface area contributed by atoms with Gasteiger partial charge in [-0.2, -0.15) is 0 Å². The second-order valence-electron chi connectivity index (χ2n) is 6.19. The van der Waals surface area contributed by atoms with E-state index in [-0.39, 0.29) is 0 Å². The van der Waals surface area contributed by atoms with E-state index >= 15 is 0 Å². The zero-order valence-electron chi connectivity index (χ0n) is 11.3. The van der Waals surface area contributed by atoms with Crippen LogP contribution in [0.3, 0.4) is 0 Å². The predicted molar refractivity (Wildman–Crippen MR) is 75.7 cm³/mol. The highest BCUT2D eigenvalue weighted by Crippen LogP contribution is 2.37. The molecule has 1 aromatic rings. The van der Waals surface area contributed by atoms with Crippen LogP contribution >= 0.6 is 11.3 Å². The van der Waals surface area contributed by atoms with Gasteiger partial charge in [0, 0.05) is 37.0 Å². The van der Waals surface area contributed by atoms with Crippen molar-refractivity contribution >= 4 is 11.3 Å². The van der Waals surface area contributed by atoms with Gasteiger partial charge in [0.15, 0.2) is 0 Å². The van der Waals surface area contributed by atoms with E-state index in [9.17, 15) is 0 Å². The van der Waals surface area contributed by atoms with Crippen molar-refractivity contribution in [3.63, 3.8) is 0 Å². The van der Waals surface area contributed by atoms with Gasteiger partial charge in [-0.05, 0) is 24.7 Å². The lowest BCUT2D eigenvalue weighted by molar-refractivity contribution is 0.295. The molecule has 2 fully saturated rings. The summed E-state index contributed by atoms with van der Waals surface area (Å²) in [7, 11) is 0. The van der Waals surface area contributed by atoms with Crippen molar-refractivity contribution in [1.29, 1.82) is 0 Å². The Morgan fingerprint density at radius 3 is 2.94 bits per heavy atom. The summed E-state index contributed by atoms with van der Waals surface area (Å²) >= 11 is 1.80. The molecule has 4 heteroatoms. The van der Waals surface area contributed by atoms with Crippen LogP contribution < -0.4 is 5.73 Å². The third-order valence-corrected chi connectivity index (χ3v) is 5.63. The van der Waals surface area contributed by atoms with Crippen LogP contribution in [0.1, 0.15) is 43.3 Å². The molecule has 3 nitrogen and oxygen atoms in total. The van der Waals surface area contributed by atoms with Crippen LogP contribution in [0, 0.1) is 11.8 Å². The minimum absolute atomic E-state index is 0.446. The summed E-state index contributed by atoms with van der Waals surface area (Å²) < 4.78 is 0. The minimum atomic E-state index is 0.446. The zero-order chi connectivity index (χ0) is 12.7. The van der Waals surface area contributed by atoms with E-state index in [4.69, 9.17) is 10.7 Å². The number of hydrogen-bond donors (Lipinski definition) is 1. The number of nitrogens with two attached hydrogens (primary N) is 1. The number of thiazole rings is 1. The van der Waals surface area contributed by atoms with Crippen molar-refractivity contribution in [3.05, 3.63) is 16.1 Å². The van der Waals surface area contributed by atoms with Crippen LogP contribution in [0.4, 0.5) is 0 Å². The maximum Gasteiger partial charge on any atom is 0.0954 e. The molecular weight excluding hydrogens is 242 g/mol. The van der Waals surface area contributed by atoms with Gasteiger partial charge < -0.3 is 5.73 Å². The van der Waals surface area contributed by atoms with E-state index in [0.29, 0.717) is 12.0 Å². The van der Waals surface area contributed by atoms with Crippen molar-refractivity contribution in [2.24, 2.45) is 17.6 Å². The van der Waals surface area contributed by atoms with Crippen LogP contribution in [0.5, 0.6) is 0 Å². The molecule has 3 unspecified atom stereocenters. The Balaban J connectivity index is 1.60. The zero-order valence-corrected chi connectivity index (χ0v) is 12.1. The Bertz CT molecular complexity index is 415. The molecule has 1 aliphatic carbocycles. The van der Waals surface area contributed by atoms with Gasteiger partial charge in [-0.1, -0.05) is 13.8 Å². The van der Waals surface area contributed by atoms with E-state index in [0.717, 1.165) is 18.4 Å². The monoisotopic (exact) mass is 265 g/mol. The number of fused-ring (bicyclic) bond motifs is 1. The van der Waals surface area contributed by atoms with Crippen LogP contribution in [-0.2, 0) is 6.54 Å². The summed E-state index contributed by atoms with van der Waals surface area (Å²) in [5.74, 6) is 2.14. The lowest BCUT2D eigenvalue weighted by Crippen LogP contribution is -2.30. The van der Waals surface area contributed by atoms with E-state index < -0.39 is 0 Å². The molecule has 0 bridgehead atoms. The molecule has 0 spiro atoms. The van der Waals surface area contributed by atoms with Crippen LogP contribution in [-0.4, -0.2) is 29.0 Å². The van der Waals surface area contributed by atoms with Crippen molar-refractivity contribution in [2.75, 3.05) is 13.1 Å². The molecule has 1 aliphatic heterocycles. The molecule has 1 saturated carbocycles. The Kier molecular flexibility index (Phi) is 3.43. The average molecular weight is 265 g/mol. The summed E-state index contributed by atoms with van der Waals surface area (Å²) in [6.07, 6.45) is 2.56. The second kappa shape index (κ2) is 4.91. The first-order chi connectivity index (χ1) is 8.63. The topological polar surface area (TPSA) is 42.2 Å². The molecule has 1 saturated heterocycles. The number of nitrogens with zero attached hydrogens (tertiary/aromatic N) is 2. The Morgan fingerprint density at radius 2 is 2.28 bits per heavy atom. The third kappa shape index (κ3) is 2.33. The first-order valence-electron chi connectivity index (χ1n) is 7.05. The predicted octanol–water partition coefficient (Wildman–Crippen LogP) is 2.44. The Labute approximate surface area is 113 Å². The Hall–Kier alpha value is -0.450. The van der Waals surface area contributed by atoms with E-state index in [1.165, 1.54) is 36.6 Å². The average Bonchev–Trinajstić information content (AvgIpc) is 2.98. The minimum Gasteiger partial charge on any atom is -0.327 e. The fourth-order valence-corrected chi connectivity index (χ4v) is 4.24. The van der Waals surface area contributed by atoms with E-state index in [2.05, 4.69) is 24.1 Å². The maximum absolute atomic E-state index is 6.18. The summed E-state index contributed by atoms with van der Waals surface area (Å²) in [4.78, 5) is 7.28. The molecule has 3 rings (SSSR count).